The van der Waals surface area contributed by atoms with Crippen LogP contribution in [0.15, 0.2) is 50.7 Å². The van der Waals surface area contributed by atoms with E-state index < -0.39 is 0 Å². The van der Waals surface area contributed by atoms with Gasteiger partial charge in [0.25, 0.3) is 5.56 Å². The van der Waals surface area contributed by atoms with Crippen molar-refractivity contribution in [3.8, 4) is 17.2 Å². The van der Waals surface area contributed by atoms with Crippen molar-refractivity contribution in [3.05, 3.63) is 63.3 Å². The molecule has 3 aromatic rings. The highest BCUT2D eigenvalue weighted by Gasteiger charge is 2.07. The minimum Gasteiger partial charge on any atom is -0.487 e. The Kier molecular flexibility index (Phi) is 3.80. The molecule has 2 heterocycles. The van der Waals surface area contributed by atoms with Gasteiger partial charge in [-0.25, -0.2) is 4.79 Å². The summed E-state index contributed by atoms with van der Waals surface area (Å²) in [5, 5.41) is 7.43. The Morgan fingerprint density at radius 3 is 2.52 bits per heavy atom. The number of nitrogens with zero attached hydrogens (tertiary/aromatic N) is 4. The van der Waals surface area contributed by atoms with Gasteiger partial charge in [-0.2, -0.15) is 0 Å². The first-order chi connectivity index (χ1) is 11.1. The van der Waals surface area contributed by atoms with E-state index in [-0.39, 0.29) is 17.9 Å². The fraction of sp³-hybridized carbons (Fsp3) is 0.200. The van der Waals surface area contributed by atoms with Crippen LogP contribution in [0.25, 0.3) is 11.5 Å². The standard InChI is InChI=1S/C15H14N4O4/c1-18-11(7-13(20)19(2)15(18)21)8-22-12-5-3-10(4-6-12)14-17-16-9-23-14/h3-7,9H,8H2,1-2H3. The maximum Gasteiger partial charge on any atom is 0.330 e. The molecule has 0 aliphatic heterocycles. The lowest BCUT2D eigenvalue weighted by Gasteiger charge is -2.11. The molecule has 0 amide bonds. The molecule has 3 rings (SSSR count). The molecule has 0 unspecified atom stereocenters. The van der Waals surface area contributed by atoms with E-state index in [9.17, 15) is 9.59 Å². The molecule has 0 saturated heterocycles. The number of benzene rings is 1. The van der Waals surface area contributed by atoms with E-state index in [1.54, 1.807) is 31.3 Å². The van der Waals surface area contributed by atoms with Crippen molar-refractivity contribution in [3.63, 3.8) is 0 Å². The SMILES string of the molecule is Cn1c(COc2ccc(-c3nnco3)cc2)cc(=O)n(C)c1=O. The maximum atomic E-state index is 11.8. The van der Waals surface area contributed by atoms with E-state index in [2.05, 4.69) is 10.2 Å². The van der Waals surface area contributed by atoms with Crippen molar-refractivity contribution in [1.29, 1.82) is 0 Å². The molecule has 23 heavy (non-hydrogen) atoms. The van der Waals surface area contributed by atoms with Crippen molar-refractivity contribution in [2.75, 3.05) is 0 Å². The number of ether oxygens (including phenoxy) is 1. The Hall–Kier alpha value is -3.16. The second-order valence-electron chi connectivity index (χ2n) is 4.93. The molecule has 118 valence electrons. The first kappa shape index (κ1) is 14.8. The van der Waals surface area contributed by atoms with Crippen LogP contribution in [0.3, 0.4) is 0 Å². The van der Waals surface area contributed by atoms with Crippen LogP contribution in [0.1, 0.15) is 5.69 Å². The predicted molar refractivity (Wildman–Crippen MR) is 81.0 cm³/mol. The molecule has 0 radical (unpaired) electrons. The Bertz CT molecular complexity index is 924. The minimum atomic E-state index is -0.386. The lowest BCUT2D eigenvalue weighted by molar-refractivity contribution is 0.293. The molecule has 1 aromatic carbocycles. The fourth-order valence-corrected chi connectivity index (χ4v) is 2.07. The summed E-state index contributed by atoms with van der Waals surface area (Å²) >= 11 is 0. The van der Waals surface area contributed by atoms with Crippen LogP contribution in [-0.4, -0.2) is 19.3 Å². The molecular formula is C15H14N4O4. The van der Waals surface area contributed by atoms with Crippen LogP contribution in [0.5, 0.6) is 5.75 Å². The third kappa shape index (κ3) is 2.91. The van der Waals surface area contributed by atoms with Crippen molar-refractivity contribution in [2.24, 2.45) is 14.1 Å². The minimum absolute atomic E-state index is 0.113. The Morgan fingerprint density at radius 1 is 1.13 bits per heavy atom. The van der Waals surface area contributed by atoms with Gasteiger partial charge >= 0.3 is 5.69 Å². The first-order valence-electron chi connectivity index (χ1n) is 6.81. The zero-order valence-electron chi connectivity index (χ0n) is 12.6. The van der Waals surface area contributed by atoms with E-state index in [0.29, 0.717) is 17.3 Å². The summed E-state index contributed by atoms with van der Waals surface area (Å²) in [5.41, 5.74) is 0.524. The van der Waals surface area contributed by atoms with Gasteiger partial charge in [-0.3, -0.25) is 13.9 Å². The van der Waals surface area contributed by atoms with E-state index >= 15 is 0 Å². The number of rotatable bonds is 4. The molecule has 0 fully saturated rings. The van der Waals surface area contributed by atoms with E-state index in [4.69, 9.17) is 9.15 Å². The predicted octanol–water partition coefficient (Wildman–Crippen LogP) is 0.713. The monoisotopic (exact) mass is 314 g/mol. The number of hydrogen-bond donors (Lipinski definition) is 0. The van der Waals surface area contributed by atoms with E-state index in [1.165, 1.54) is 24.1 Å². The van der Waals surface area contributed by atoms with E-state index in [0.717, 1.165) is 10.1 Å². The van der Waals surface area contributed by atoms with E-state index in [1.807, 2.05) is 0 Å². The molecule has 0 spiro atoms. The quantitative estimate of drug-likeness (QED) is 0.704. The third-order valence-corrected chi connectivity index (χ3v) is 3.47. The topological polar surface area (TPSA) is 92.2 Å². The van der Waals surface area contributed by atoms with Crippen molar-refractivity contribution >= 4 is 0 Å². The molecule has 0 aliphatic carbocycles. The number of aromatic nitrogens is 4. The summed E-state index contributed by atoms with van der Waals surface area (Å²) in [6.07, 6.45) is 1.26. The molecule has 8 nitrogen and oxygen atoms in total. The first-order valence-corrected chi connectivity index (χ1v) is 6.81. The second-order valence-corrected chi connectivity index (χ2v) is 4.93. The van der Waals surface area contributed by atoms with Crippen LogP contribution in [0.4, 0.5) is 0 Å². The molecule has 0 saturated carbocycles. The van der Waals surface area contributed by atoms with Gasteiger partial charge in [0.2, 0.25) is 12.3 Å². The van der Waals surface area contributed by atoms with Gasteiger partial charge in [-0.05, 0) is 24.3 Å². The van der Waals surface area contributed by atoms with Crippen LogP contribution in [-0.2, 0) is 20.7 Å². The highest BCUT2D eigenvalue weighted by Crippen LogP contribution is 2.20. The Balaban J connectivity index is 1.77. The average Bonchev–Trinajstić information content (AvgIpc) is 3.10. The molecule has 2 aromatic heterocycles. The highest BCUT2D eigenvalue weighted by atomic mass is 16.5. The van der Waals surface area contributed by atoms with Gasteiger partial charge in [-0.1, -0.05) is 0 Å². The van der Waals surface area contributed by atoms with Gasteiger partial charge in [0.15, 0.2) is 0 Å². The van der Waals surface area contributed by atoms with Crippen LogP contribution < -0.4 is 16.0 Å². The summed E-state index contributed by atoms with van der Waals surface area (Å²) in [7, 11) is 3.03. The van der Waals surface area contributed by atoms with Crippen LogP contribution >= 0.6 is 0 Å². The van der Waals surface area contributed by atoms with Crippen molar-refractivity contribution in [2.45, 2.75) is 6.61 Å². The van der Waals surface area contributed by atoms with Gasteiger partial charge in [0, 0.05) is 25.7 Å². The van der Waals surface area contributed by atoms with Gasteiger partial charge in [0.05, 0.1) is 5.69 Å². The molecule has 8 heteroatoms. The van der Waals surface area contributed by atoms with Crippen molar-refractivity contribution in [1.82, 2.24) is 19.3 Å². The average molecular weight is 314 g/mol. The maximum absolute atomic E-state index is 11.8. The lowest BCUT2D eigenvalue weighted by Crippen LogP contribution is -2.38. The molecule has 0 N–H and O–H groups in total. The zero-order valence-corrected chi connectivity index (χ0v) is 12.6. The summed E-state index contributed by atoms with van der Waals surface area (Å²) in [4.78, 5) is 23.5. The summed E-state index contributed by atoms with van der Waals surface area (Å²) < 4.78 is 13.2. The highest BCUT2D eigenvalue weighted by molar-refractivity contribution is 5.53. The molecule has 0 aliphatic rings. The Morgan fingerprint density at radius 2 is 1.87 bits per heavy atom. The van der Waals surface area contributed by atoms with Crippen LogP contribution in [0.2, 0.25) is 0 Å². The molecular weight excluding hydrogens is 300 g/mol. The summed E-state index contributed by atoms with van der Waals surface area (Å²) in [6, 6.07) is 8.45. The van der Waals surface area contributed by atoms with Gasteiger partial charge in [0.1, 0.15) is 12.4 Å². The summed E-state index contributed by atoms with van der Waals surface area (Å²) in [5.74, 6) is 1.02. The molecule has 0 atom stereocenters. The third-order valence-electron chi connectivity index (χ3n) is 3.47. The van der Waals surface area contributed by atoms with Gasteiger partial charge in [-0.15, -0.1) is 10.2 Å². The zero-order chi connectivity index (χ0) is 16.4. The second kappa shape index (κ2) is 5.91. The molecule has 0 bridgehead atoms. The smallest absolute Gasteiger partial charge is 0.330 e. The van der Waals surface area contributed by atoms with Crippen LogP contribution in [0, 0.1) is 0 Å². The Labute approximate surface area is 130 Å². The van der Waals surface area contributed by atoms with Crippen molar-refractivity contribution < 1.29 is 9.15 Å². The largest absolute Gasteiger partial charge is 0.487 e. The lowest BCUT2D eigenvalue weighted by atomic mass is 10.2. The fourth-order valence-electron chi connectivity index (χ4n) is 2.07. The normalized spacial score (nSPS) is 10.7. The van der Waals surface area contributed by atoms with Gasteiger partial charge < -0.3 is 9.15 Å². The number of hydrogen-bond acceptors (Lipinski definition) is 6. The summed E-state index contributed by atoms with van der Waals surface area (Å²) in [6.45, 7) is 0.113.